The van der Waals surface area contributed by atoms with Gasteiger partial charge < -0.3 is 16.0 Å². The summed E-state index contributed by atoms with van der Waals surface area (Å²) in [6, 6.07) is 5.83. The van der Waals surface area contributed by atoms with Gasteiger partial charge in [-0.05, 0) is 88.6 Å². The molecule has 2 aliphatic heterocycles. The minimum absolute atomic E-state index is 0.116. The number of aliphatic imine (C=N–C) groups is 1. The molecule has 8 nitrogen and oxygen atoms in total. The lowest BCUT2D eigenvalue weighted by atomic mass is 9.88. The molecule has 1 aromatic rings. The van der Waals surface area contributed by atoms with Gasteiger partial charge in [-0.25, -0.2) is 9.58 Å². The largest absolute Gasteiger partial charge is 0.371 e. The molecular formula is C35H55N6O2+. The summed E-state index contributed by atoms with van der Waals surface area (Å²) in [7, 11) is 4.57. The van der Waals surface area contributed by atoms with Gasteiger partial charge in [0.2, 0.25) is 0 Å². The van der Waals surface area contributed by atoms with E-state index in [0.29, 0.717) is 29.6 Å². The first-order valence-corrected chi connectivity index (χ1v) is 16.8. The summed E-state index contributed by atoms with van der Waals surface area (Å²) in [5.74, 6) is -0.375. The third-order valence-electron chi connectivity index (χ3n) is 11.0. The normalized spacial score (nSPS) is 30.7. The monoisotopic (exact) mass is 591 g/mol. The number of allylic oxidation sites excluding steroid dienone is 1. The second kappa shape index (κ2) is 13.6. The molecule has 8 heteroatoms. The predicted molar refractivity (Wildman–Crippen MR) is 175 cm³/mol. The molecule has 2 heterocycles. The average molecular weight is 592 g/mol. The van der Waals surface area contributed by atoms with Crippen LogP contribution in [0, 0.1) is 12.8 Å². The van der Waals surface area contributed by atoms with E-state index in [9.17, 15) is 9.59 Å². The van der Waals surface area contributed by atoms with Crippen LogP contribution in [0.15, 0.2) is 28.8 Å². The fraction of sp³-hybridized carbons (Fsp3) is 0.686. The van der Waals surface area contributed by atoms with Gasteiger partial charge in [0, 0.05) is 55.5 Å². The third-order valence-corrected chi connectivity index (χ3v) is 11.0. The van der Waals surface area contributed by atoms with E-state index in [-0.39, 0.29) is 18.4 Å². The summed E-state index contributed by atoms with van der Waals surface area (Å²) in [5.41, 5.74) is 15.9. The number of benzene rings is 1. The molecular weight excluding hydrogens is 536 g/mol. The Bertz CT molecular complexity index is 1240. The number of likely N-dealkylation sites (N-methyl/N-ethyl adjacent to an activating group) is 1. The fourth-order valence-electron chi connectivity index (χ4n) is 8.10. The third kappa shape index (κ3) is 7.23. The zero-order valence-electron chi connectivity index (χ0n) is 27.3. The molecule has 1 aromatic carbocycles. The molecule has 1 saturated heterocycles. The number of carbonyl (C=O) groups is 2. The highest BCUT2D eigenvalue weighted by molar-refractivity contribution is 6.06. The van der Waals surface area contributed by atoms with Crippen molar-refractivity contribution in [1.82, 2.24) is 10.7 Å². The molecule has 3 fully saturated rings. The number of dihydropyridines is 1. The molecule has 2 aliphatic carbocycles. The van der Waals surface area contributed by atoms with Crippen molar-refractivity contribution < 1.29 is 14.2 Å². The standard InChI is InChI=1S/C35H54N6O2/c1-23-17-24(2)39-35(43)32(23)21-37-34(42)31-18-26(19-33(25(31)3)40(4)29-15-13-28(36)14-16-29)27-20-38-41(5,22-27)30-11-9-7-6-8-10-12-30/h17-19,27-30,32,38H,6-16,20-22,36H2,1-5H3/p+1. The topological polar surface area (TPSA) is 99.8 Å². The minimum Gasteiger partial charge on any atom is -0.371 e. The van der Waals surface area contributed by atoms with E-state index < -0.39 is 5.92 Å². The maximum absolute atomic E-state index is 13.9. The van der Waals surface area contributed by atoms with Gasteiger partial charge in [-0.15, -0.1) is 0 Å². The maximum Gasteiger partial charge on any atom is 0.254 e. The zero-order chi connectivity index (χ0) is 30.7. The summed E-state index contributed by atoms with van der Waals surface area (Å²) < 4.78 is 0.918. The molecule has 2 amide bonds. The number of nitrogens with zero attached hydrogens (tertiary/aromatic N) is 3. The quantitative estimate of drug-likeness (QED) is 0.381. The molecule has 4 aliphatic rings. The van der Waals surface area contributed by atoms with E-state index >= 15 is 0 Å². The Labute approximate surface area is 259 Å². The fourth-order valence-corrected chi connectivity index (χ4v) is 8.10. The summed E-state index contributed by atoms with van der Waals surface area (Å²) in [4.78, 5) is 33.0. The minimum atomic E-state index is -0.412. The number of carbonyl (C=O) groups excluding carboxylic acids is 2. The smallest absolute Gasteiger partial charge is 0.254 e. The number of quaternary nitrogens is 1. The van der Waals surface area contributed by atoms with Crippen LogP contribution >= 0.6 is 0 Å². The van der Waals surface area contributed by atoms with Gasteiger partial charge in [-0.1, -0.05) is 24.8 Å². The Morgan fingerprint density at radius 2 is 1.72 bits per heavy atom. The Morgan fingerprint density at radius 3 is 2.40 bits per heavy atom. The highest BCUT2D eigenvalue weighted by Gasteiger charge is 2.42. The molecule has 4 N–H and O–H groups in total. The number of rotatable bonds is 7. The second-order valence-electron chi connectivity index (χ2n) is 14.1. The zero-order valence-corrected chi connectivity index (χ0v) is 27.3. The molecule has 43 heavy (non-hydrogen) atoms. The summed E-state index contributed by atoms with van der Waals surface area (Å²) in [5, 5.41) is 3.11. The van der Waals surface area contributed by atoms with Crippen molar-refractivity contribution >= 4 is 23.2 Å². The van der Waals surface area contributed by atoms with Crippen LogP contribution in [0.2, 0.25) is 0 Å². The maximum atomic E-state index is 13.9. The van der Waals surface area contributed by atoms with Crippen molar-refractivity contribution in [3.63, 3.8) is 0 Å². The van der Waals surface area contributed by atoms with Crippen molar-refractivity contribution in [1.29, 1.82) is 0 Å². The lowest BCUT2D eigenvalue weighted by Crippen LogP contribution is -2.57. The van der Waals surface area contributed by atoms with Crippen molar-refractivity contribution in [3.05, 3.63) is 40.5 Å². The average Bonchev–Trinajstić information content (AvgIpc) is 3.35. The van der Waals surface area contributed by atoms with Crippen LogP contribution < -0.4 is 21.4 Å². The number of nitrogens with one attached hydrogen (secondary N) is 2. The van der Waals surface area contributed by atoms with Crippen LogP contribution in [-0.4, -0.2) is 74.0 Å². The predicted octanol–water partition coefficient (Wildman–Crippen LogP) is 5.16. The van der Waals surface area contributed by atoms with Crippen molar-refractivity contribution in [3.8, 4) is 0 Å². The number of amides is 2. The molecule has 0 spiro atoms. The first-order valence-electron chi connectivity index (χ1n) is 16.8. The molecule has 2 saturated carbocycles. The Hall–Kier alpha value is -2.55. The number of hydrogen-bond donors (Lipinski definition) is 3. The molecule has 0 radical (unpaired) electrons. The van der Waals surface area contributed by atoms with E-state index in [1.54, 1.807) is 0 Å². The van der Waals surface area contributed by atoms with Crippen LogP contribution in [0.4, 0.5) is 5.69 Å². The van der Waals surface area contributed by atoms with Gasteiger partial charge in [-0.2, -0.15) is 5.43 Å². The van der Waals surface area contributed by atoms with E-state index in [0.717, 1.165) is 65.9 Å². The molecule has 3 unspecified atom stereocenters. The van der Waals surface area contributed by atoms with Gasteiger partial charge in [0.15, 0.2) is 0 Å². The first kappa shape index (κ1) is 31.9. The second-order valence-corrected chi connectivity index (χ2v) is 14.1. The van der Waals surface area contributed by atoms with Crippen LogP contribution in [0.25, 0.3) is 0 Å². The van der Waals surface area contributed by atoms with Crippen LogP contribution in [0.5, 0.6) is 0 Å². The first-order chi connectivity index (χ1) is 20.6. The number of nitrogens with two attached hydrogens (primary N) is 1. The lowest BCUT2D eigenvalue weighted by molar-refractivity contribution is -0.963. The summed E-state index contributed by atoms with van der Waals surface area (Å²) >= 11 is 0. The van der Waals surface area contributed by atoms with Gasteiger partial charge in [0.05, 0.1) is 25.4 Å². The number of hydrogen-bond acceptors (Lipinski definition) is 5. The Kier molecular flexibility index (Phi) is 10.1. The van der Waals surface area contributed by atoms with E-state index in [1.165, 1.54) is 50.5 Å². The number of anilines is 1. The van der Waals surface area contributed by atoms with Gasteiger partial charge in [0.25, 0.3) is 11.8 Å². The highest BCUT2D eigenvalue weighted by Crippen LogP contribution is 2.36. The highest BCUT2D eigenvalue weighted by atomic mass is 16.2. The van der Waals surface area contributed by atoms with Gasteiger partial charge >= 0.3 is 0 Å². The van der Waals surface area contributed by atoms with Crippen LogP contribution in [0.3, 0.4) is 0 Å². The molecule has 0 bridgehead atoms. The molecule has 5 rings (SSSR count). The summed E-state index contributed by atoms with van der Waals surface area (Å²) in [6.07, 6.45) is 15.4. The molecule has 236 valence electrons. The van der Waals surface area contributed by atoms with Crippen molar-refractivity contribution in [2.24, 2.45) is 16.6 Å². The Morgan fingerprint density at radius 1 is 1.05 bits per heavy atom. The lowest BCUT2D eigenvalue weighted by Gasteiger charge is -2.38. The van der Waals surface area contributed by atoms with Gasteiger partial charge in [-0.3, -0.25) is 9.59 Å². The van der Waals surface area contributed by atoms with E-state index in [4.69, 9.17) is 5.73 Å². The van der Waals surface area contributed by atoms with Crippen LogP contribution in [-0.2, 0) is 4.79 Å². The van der Waals surface area contributed by atoms with E-state index in [1.807, 2.05) is 19.9 Å². The van der Waals surface area contributed by atoms with E-state index in [2.05, 4.69) is 53.8 Å². The van der Waals surface area contributed by atoms with Crippen molar-refractivity contribution in [2.45, 2.75) is 115 Å². The van der Waals surface area contributed by atoms with Crippen molar-refractivity contribution in [2.75, 3.05) is 38.6 Å². The SMILES string of the molecule is CC1=CC(C)=NC(=O)C1CNC(=O)c1cc(C2CN[N+](C)(C3CCCCCCC3)C2)cc(N(C)C2CCC(N)CC2)c1C. The molecule has 0 aromatic heterocycles. The van der Waals surface area contributed by atoms with Crippen LogP contribution in [0.1, 0.15) is 112 Å². The van der Waals surface area contributed by atoms with Gasteiger partial charge in [0.1, 0.15) is 12.6 Å². The Balaban J connectivity index is 1.40. The molecule has 3 atom stereocenters. The summed E-state index contributed by atoms with van der Waals surface area (Å²) in [6.45, 7) is 8.06.